The van der Waals surface area contributed by atoms with E-state index in [1.54, 1.807) is 0 Å². The minimum Gasteiger partial charge on any atom is -0.285 e. The number of imidazole rings is 1. The fourth-order valence-electron chi connectivity index (χ4n) is 3.72. The van der Waals surface area contributed by atoms with Crippen molar-refractivity contribution in [2.24, 2.45) is 0 Å². The third kappa shape index (κ3) is 2.77. The molecule has 30 heavy (non-hydrogen) atoms. The van der Waals surface area contributed by atoms with Crippen LogP contribution in [0.3, 0.4) is 0 Å². The minimum absolute atomic E-state index is 0.590. The highest BCUT2D eigenvalue weighted by molar-refractivity contribution is 7.99. The first-order valence-electron chi connectivity index (χ1n) is 9.55. The number of nitriles is 1. The van der Waals surface area contributed by atoms with Gasteiger partial charge in [0.15, 0.2) is 5.65 Å². The number of nitrogens with zero attached hydrogens (tertiary/aromatic N) is 6. The van der Waals surface area contributed by atoms with Gasteiger partial charge in [-0.15, -0.1) is 10.2 Å². The Bertz CT molecular complexity index is 1470. The van der Waals surface area contributed by atoms with Gasteiger partial charge < -0.3 is 0 Å². The van der Waals surface area contributed by atoms with Gasteiger partial charge in [-0.2, -0.15) is 5.26 Å². The molecular formula is C23H18N6S. The maximum Gasteiger partial charge on any atom is 0.202 e. The van der Waals surface area contributed by atoms with Crippen LogP contribution in [0.2, 0.25) is 0 Å². The number of aryl methyl sites for hydroxylation is 3. The monoisotopic (exact) mass is 410 g/mol. The summed E-state index contributed by atoms with van der Waals surface area (Å²) < 4.78 is 4.11. The number of pyridine rings is 1. The largest absolute Gasteiger partial charge is 0.285 e. The standard InChI is InChI=1S/C23H18N6S/c1-14-8-4-6-10-19(14)28-16(3)26-27-23(28)30-21-12-15(2)17(13-24)22-25-18-9-5-7-11-20(18)29(21)22/h4-12H,1-3H3. The summed E-state index contributed by atoms with van der Waals surface area (Å²) >= 11 is 1.52. The van der Waals surface area contributed by atoms with E-state index in [-0.39, 0.29) is 0 Å². The van der Waals surface area contributed by atoms with E-state index >= 15 is 0 Å². The van der Waals surface area contributed by atoms with E-state index in [4.69, 9.17) is 4.98 Å². The molecule has 0 N–H and O–H groups in total. The molecule has 0 aliphatic rings. The molecule has 0 aliphatic carbocycles. The molecule has 0 aliphatic heterocycles. The minimum atomic E-state index is 0.590. The molecule has 0 radical (unpaired) electrons. The first-order chi connectivity index (χ1) is 14.6. The van der Waals surface area contributed by atoms with Crippen LogP contribution in [0.5, 0.6) is 0 Å². The van der Waals surface area contributed by atoms with Crippen LogP contribution in [0.4, 0.5) is 0 Å². The van der Waals surface area contributed by atoms with Crippen LogP contribution in [-0.4, -0.2) is 24.1 Å². The zero-order valence-electron chi connectivity index (χ0n) is 16.8. The van der Waals surface area contributed by atoms with Crippen molar-refractivity contribution in [3.8, 4) is 11.8 Å². The maximum absolute atomic E-state index is 9.71. The Morgan fingerprint density at radius 2 is 1.70 bits per heavy atom. The predicted octanol–water partition coefficient (Wildman–Crippen LogP) is 5.02. The van der Waals surface area contributed by atoms with E-state index in [0.29, 0.717) is 11.2 Å². The second-order valence-electron chi connectivity index (χ2n) is 7.17. The van der Waals surface area contributed by atoms with Gasteiger partial charge in [0.1, 0.15) is 11.9 Å². The summed E-state index contributed by atoms with van der Waals surface area (Å²) in [5.41, 5.74) is 6.17. The van der Waals surface area contributed by atoms with Gasteiger partial charge in [-0.25, -0.2) is 4.98 Å². The van der Waals surface area contributed by atoms with Gasteiger partial charge in [0.25, 0.3) is 0 Å². The predicted molar refractivity (Wildman–Crippen MR) is 117 cm³/mol. The van der Waals surface area contributed by atoms with Crippen molar-refractivity contribution >= 4 is 28.4 Å². The molecule has 3 aromatic heterocycles. The molecule has 0 spiro atoms. The number of para-hydroxylation sites is 3. The molecule has 0 bridgehead atoms. The third-order valence-electron chi connectivity index (χ3n) is 5.20. The average Bonchev–Trinajstić information content (AvgIpc) is 3.29. The lowest BCUT2D eigenvalue weighted by Crippen LogP contribution is -2.02. The number of benzene rings is 2. The van der Waals surface area contributed by atoms with Gasteiger partial charge in [0.05, 0.1) is 27.3 Å². The number of hydrogen-bond acceptors (Lipinski definition) is 5. The van der Waals surface area contributed by atoms with Crippen LogP contribution in [0, 0.1) is 32.1 Å². The van der Waals surface area contributed by atoms with Gasteiger partial charge in [0, 0.05) is 0 Å². The van der Waals surface area contributed by atoms with Crippen LogP contribution in [0.1, 0.15) is 22.5 Å². The van der Waals surface area contributed by atoms with E-state index in [2.05, 4.69) is 39.9 Å². The second-order valence-corrected chi connectivity index (χ2v) is 8.15. The van der Waals surface area contributed by atoms with Gasteiger partial charge in [-0.05, 0) is 67.9 Å². The fraction of sp³-hybridized carbons (Fsp3) is 0.130. The topological polar surface area (TPSA) is 71.8 Å². The average molecular weight is 411 g/mol. The maximum atomic E-state index is 9.71. The lowest BCUT2D eigenvalue weighted by atomic mass is 10.2. The lowest BCUT2D eigenvalue weighted by Gasteiger charge is -2.13. The normalized spacial score (nSPS) is 11.3. The zero-order chi connectivity index (χ0) is 20.8. The van der Waals surface area contributed by atoms with Crippen LogP contribution < -0.4 is 0 Å². The van der Waals surface area contributed by atoms with Crippen LogP contribution in [-0.2, 0) is 0 Å². The van der Waals surface area contributed by atoms with E-state index in [1.165, 1.54) is 11.8 Å². The SMILES string of the molecule is Cc1ccccc1-n1c(C)nnc1Sc1cc(C)c(C#N)c2nc3ccccc3n12. The molecule has 0 fully saturated rings. The third-order valence-corrected chi connectivity index (χ3v) is 6.15. The van der Waals surface area contributed by atoms with Crippen molar-refractivity contribution in [3.63, 3.8) is 0 Å². The van der Waals surface area contributed by atoms with Crippen molar-refractivity contribution in [2.75, 3.05) is 0 Å². The molecule has 0 saturated carbocycles. The van der Waals surface area contributed by atoms with Crippen molar-refractivity contribution in [1.29, 1.82) is 5.26 Å². The Kier molecular flexibility index (Phi) is 4.30. The molecule has 0 unspecified atom stereocenters. The summed E-state index contributed by atoms with van der Waals surface area (Å²) in [5.74, 6) is 0.823. The van der Waals surface area contributed by atoms with E-state index in [0.717, 1.165) is 43.9 Å². The Morgan fingerprint density at radius 3 is 2.50 bits per heavy atom. The van der Waals surface area contributed by atoms with Gasteiger partial charge in [-0.3, -0.25) is 8.97 Å². The molecular weight excluding hydrogens is 392 g/mol. The van der Waals surface area contributed by atoms with Gasteiger partial charge >= 0.3 is 0 Å². The van der Waals surface area contributed by atoms with Crippen molar-refractivity contribution in [2.45, 2.75) is 31.0 Å². The van der Waals surface area contributed by atoms with Crippen LogP contribution in [0.15, 0.2) is 64.8 Å². The van der Waals surface area contributed by atoms with E-state index in [1.807, 2.05) is 60.7 Å². The highest BCUT2D eigenvalue weighted by atomic mass is 32.2. The summed E-state index contributed by atoms with van der Waals surface area (Å²) in [6, 6.07) is 20.5. The first-order valence-corrected chi connectivity index (χ1v) is 10.4. The highest BCUT2D eigenvalue weighted by Crippen LogP contribution is 2.34. The Labute approximate surface area is 177 Å². The lowest BCUT2D eigenvalue weighted by molar-refractivity contribution is 0.857. The number of aromatic nitrogens is 5. The van der Waals surface area contributed by atoms with Crippen LogP contribution in [0.25, 0.3) is 22.4 Å². The van der Waals surface area contributed by atoms with Gasteiger partial charge in [0.2, 0.25) is 5.16 Å². The Morgan fingerprint density at radius 1 is 0.933 bits per heavy atom. The highest BCUT2D eigenvalue weighted by Gasteiger charge is 2.19. The smallest absolute Gasteiger partial charge is 0.202 e. The Hall–Kier alpha value is -3.63. The fourth-order valence-corrected chi connectivity index (χ4v) is 4.82. The zero-order valence-corrected chi connectivity index (χ0v) is 17.6. The summed E-state index contributed by atoms with van der Waals surface area (Å²) in [4.78, 5) is 4.73. The number of rotatable bonds is 3. The van der Waals surface area contributed by atoms with E-state index in [9.17, 15) is 5.26 Å². The first kappa shape index (κ1) is 18.4. The van der Waals surface area contributed by atoms with E-state index < -0.39 is 0 Å². The number of fused-ring (bicyclic) bond motifs is 3. The molecule has 7 heteroatoms. The molecule has 3 heterocycles. The second kappa shape index (κ2) is 7.01. The quantitative estimate of drug-likeness (QED) is 0.418. The Balaban J connectivity index is 1.75. The summed E-state index contributed by atoms with van der Waals surface area (Å²) in [5, 5.41) is 20.2. The summed E-state index contributed by atoms with van der Waals surface area (Å²) in [6.07, 6.45) is 0. The molecule has 0 saturated heterocycles. The molecule has 0 amide bonds. The van der Waals surface area contributed by atoms with Crippen molar-refractivity contribution in [3.05, 3.63) is 77.1 Å². The molecule has 146 valence electrons. The summed E-state index contributed by atoms with van der Waals surface area (Å²) in [7, 11) is 0. The molecule has 5 rings (SSSR count). The van der Waals surface area contributed by atoms with Crippen molar-refractivity contribution < 1.29 is 0 Å². The van der Waals surface area contributed by atoms with Crippen LogP contribution >= 0.6 is 11.8 Å². The number of hydrogen-bond donors (Lipinski definition) is 0. The van der Waals surface area contributed by atoms with Gasteiger partial charge in [-0.1, -0.05) is 30.3 Å². The summed E-state index contributed by atoms with van der Waals surface area (Å²) in [6.45, 7) is 5.98. The molecule has 6 nitrogen and oxygen atoms in total. The molecule has 0 atom stereocenters. The molecule has 2 aromatic carbocycles. The van der Waals surface area contributed by atoms with Crippen molar-refractivity contribution in [1.82, 2.24) is 24.1 Å². The molecule has 5 aromatic rings.